The van der Waals surface area contributed by atoms with Gasteiger partial charge in [-0.15, -0.1) is 0 Å². The molecule has 0 bridgehead atoms. The fourth-order valence-electron chi connectivity index (χ4n) is 2.89. The van der Waals surface area contributed by atoms with Crippen molar-refractivity contribution in [1.82, 2.24) is 0 Å². The van der Waals surface area contributed by atoms with Crippen LogP contribution in [0.5, 0.6) is 0 Å². The van der Waals surface area contributed by atoms with Crippen molar-refractivity contribution in [2.24, 2.45) is 0 Å². The number of para-hydroxylation sites is 3. The predicted octanol–water partition coefficient (Wildman–Crippen LogP) is 8.06. The van der Waals surface area contributed by atoms with Crippen LogP contribution in [-0.2, 0) is 17.1 Å². The van der Waals surface area contributed by atoms with Gasteiger partial charge in [-0.2, -0.15) is 18.2 Å². The molecule has 150 valence electrons. The van der Waals surface area contributed by atoms with E-state index in [-0.39, 0.29) is 17.1 Å². The van der Waals surface area contributed by atoms with Crippen molar-refractivity contribution in [3.05, 3.63) is 146 Å². The van der Waals surface area contributed by atoms with Crippen molar-refractivity contribution in [2.45, 2.75) is 6.42 Å². The van der Waals surface area contributed by atoms with Gasteiger partial charge in [0.1, 0.15) is 0 Å². The Kier molecular flexibility index (Phi) is 10.7. The van der Waals surface area contributed by atoms with Crippen molar-refractivity contribution in [3.8, 4) is 0 Å². The molecule has 0 heterocycles. The number of benzene rings is 3. The second-order valence-corrected chi connectivity index (χ2v) is 6.40. The molecule has 0 N–H and O–H groups in total. The van der Waals surface area contributed by atoms with E-state index in [0.717, 1.165) is 6.42 Å². The summed E-state index contributed by atoms with van der Waals surface area (Å²) in [7, 11) is 0. The van der Waals surface area contributed by atoms with Gasteiger partial charge in [-0.3, -0.25) is 0 Å². The van der Waals surface area contributed by atoms with Gasteiger partial charge >= 0.3 is 17.1 Å². The Morgan fingerprint density at radius 3 is 1.10 bits per heavy atom. The Hall–Kier alpha value is -3.19. The van der Waals surface area contributed by atoms with Gasteiger partial charge in [0.2, 0.25) is 0 Å². The van der Waals surface area contributed by atoms with E-state index >= 15 is 0 Å². The second-order valence-electron chi connectivity index (χ2n) is 6.40. The van der Waals surface area contributed by atoms with Gasteiger partial charge in [-0.1, -0.05) is 78.9 Å². The first-order valence-electron chi connectivity index (χ1n) is 9.89. The third-order valence-electron chi connectivity index (χ3n) is 4.25. The first-order valence-corrected chi connectivity index (χ1v) is 9.89. The molecule has 0 amide bonds. The number of nitrogens with zero attached hydrogens (tertiary/aromatic N) is 1. The molecule has 5 rings (SSSR count). The van der Waals surface area contributed by atoms with Crippen LogP contribution in [0.2, 0.25) is 0 Å². The van der Waals surface area contributed by atoms with Crippen LogP contribution < -0.4 is 4.90 Å². The van der Waals surface area contributed by atoms with Crippen molar-refractivity contribution >= 4 is 17.1 Å². The molecule has 4 aromatic rings. The third kappa shape index (κ3) is 7.67. The minimum absolute atomic E-state index is 0. The average Bonchev–Trinajstić information content (AvgIpc) is 3.55. The van der Waals surface area contributed by atoms with Crippen LogP contribution in [-0.4, -0.2) is 0 Å². The SMILES string of the molecule is C1=CCC=C1.[Fe+2].c1cc[cH-]c1.c1ccc(N(c2ccccc2)c2ccccc2)cc1. The molecule has 0 aliphatic heterocycles. The Morgan fingerprint density at radius 1 is 0.500 bits per heavy atom. The Labute approximate surface area is 190 Å². The first-order chi connectivity index (χ1) is 14.4. The fraction of sp³-hybridized carbons (Fsp3) is 0.0357. The number of hydrogen-bond acceptors (Lipinski definition) is 1. The van der Waals surface area contributed by atoms with Crippen molar-refractivity contribution < 1.29 is 17.1 Å². The summed E-state index contributed by atoms with van der Waals surface area (Å²) in [5.41, 5.74) is 3.50. The normalized spacial score (nSPS) is 10.7. The van der Waals surface area contributed by atoms with E-state index < -0.39 is 0 Å². The van der Waals surface area contributed by atoms with E-state index in [1.54, 1.807) is 0 Å². The van der Waals surface area contributed by atoms with Crippen LogP contribution in [0.15, 0.2) is 146 Å². The van der Waals surface area contributed by atoms with E-state index in [1.807, 2.05) is 48.5 Å². The molecule has 0 unspecified atom stereocenters. The van der Waals surface area contributed by atoms with Crippen LogP contribution in [0, 0.1) is 0 Å². The van der Waals surface area contributed by atoms with Crippen LogP contribution >= 0.6 is 0 Å². The maximum Gasteiger partial charge on any atom is 2.00 e. The smallest absolute Gasteiger partial charge is 0.311 e. The largest absolute Gasteiger partial charge is 2.00 e. The van der Waals surface area contributed by atoms with Crippen LogP contribution in [0.25, 0.3) is 0 Å². The number of allylic oxidation sites excluding steroid dienone is 4. The molecular weight excluding hydrogens is 406 g/mol. The molecule has 30 heavy (non-hydrogen) atoms. The molecule has 2 heteroatoms. The van der Waals surface area contributed by atoms with E-state index in [4.69, 9.17) is 0 Å². The zero-order chi connectivity index (χ0) is 20.0. The minimum Gasteiger partial charge on any atom is -0.311 e. The molecule has 0 saturated carbocycles. The summed E-state index contributed by atoms with van der Waals surface area (Å²) in [4.78, 5) is 2.25. The van der Waals surface area contributed by atoms with Gasteiger partial charge in [0.25, 0.3) is 0 Å². The van der Waals surface area contributed by atoms with E-state index in [1.165, 1.54) is 17.1 Å². The van der Waals surface area contributed by atoms with Gasteiger partial charge in [-0.05, 0) is 42.8 Å². The third-order valence-corrected chi connectivity index (χ3v) is 4.25. The zero-order valence-corrected chi connectivity index (χ0v) is 18.0. The molecule has 0 radical (unpaired) electrons. The number of anilines is 3. The van der Waals surface area contributed by atoms with E-state index in [9.17, 15) is 0 Å². The van der Waals surface area contributed by atoms with Crippen LogP contribution in [0.1, 0.15) is 6.42 Å². The van der Waals surface area contributed by atoms with Crippen LogP contribution in [0.3, 0.4) is 0 Å². The second kappa shape index (κ2) is 13.9. The molecule has 4 aromatic carbocycles. The van der Waals surface area contributed by atoms with Gasteiger partial charge in [-0.25, -0.2) is 12.1 Å². The van der Waals surface area contributed by atoms with Gasteiger partial charge in [0.15, 0.2) is 0 Å². The maximum atomic E-state index is 2.25. The molecule has 0 aromatic heterocycles. The maximum absolute atomic E-state index is 2.25. The average molecular weight is 432 g/mol. The molecule has 1 nitrogen and oxygen atoms in total. The summed E-state index contributed by atoms with van der Waals surface area (Å²) in [5, 5.41) is 0. The summed E-state index contributed by atoms with van der Waals surface area (Å²) >= 11 is 0. The molecule has 0 saturated heterocycles. The number of rotatable bonds is 3. The zero-order valence-electron chi connectivity index (χ0n) is 16.9. The van der Waals surface area contributed by atoms with E-state index in [2.05, 4.69) is 102 Å². The van der Waals surface area contributed by atoms with Crippen molar-refractivity contribution in [2.75, 3.05) is 4.90 Å². The van der Waals surface area contributed by atoms with Gasteiger partial charge < -0.3 is 4.90 Å². The molecule has 1 aliphatic rings. The molecule has 0 fully saturated rings. The first kappa shape index (κ1) is 23.1. The van der Waals surface area contributed by atoms with Crippen molar-refractivity contribution in [1.29, 1.82) is 0 Å². The molecular formula is C28H26FeN+. The molecule has 1 aliphatic carbocycles. The Morgan fingerprint density at radius 2 is 0.867 bits per heavy atom. The topological polar surface area (TPSA) is 3.24 Å². The summed E-state index contributed by atoms with van der Waals surface area (Å²) in [5.74, 6) is 0. The molecule has 0 atom stereocenters. The predicted molar refractivity (Wildman–Crippen MR) is 126 cm³/mol. The Bertz CT molecular complexity index is 838. The monoisotopic (exact) mass is 432 g/mol. The van der Waals surface area contributed by atoms with Gasteiger partial charge in [0.05, 0.1) is 0 Å². The standard InChI is InChI=1S/C18H15N.C5H6.C5H5.Fe/c1-4-10-16(11-5-1)19(17-12-6-2-7-13-17)18-14-8-3-9-15-18;2*1-2-4-5-3-1;/h1-15H;1-4H,5H2;1-5H;/q;;-1;+2. The van der Waals surface area contributed by atoms with E-state index in [0.29, 0.717) is 0 Å². The summed E-state index contributed by atoms with van der Waals surface area (Å²) in [6.45, 7) is 0. The molecule has 0 spiro atoms. The summed E-state index contributed by atoms with van der Waals surface area (Å²) in [6.07, 6.45) is 9.50. The minimum atomic E-state index is 0. The Balaban J connectivity index is 0.000000239. The number of hydrogen-bond donors (Lipinski definition) is 0. The van der Waals surface area contributed by atoms with Crippen molar-refractivity contribution in [3.63, 3.8) is 0 Å². The van der Waals surface area contributed by atoms with Crippen LogP contribution in [0.4, 0.5) is 17.1 Å². The summed E-state index contributed by atoms with van der Waals surface area (Å²) in [6, 6.07) is 41.3. The quantitative estimate of drug-likeness (QED) is 0.234. The fourth-order valence-corrected chi connectivity index (χ4v) is 2.89. The van der Waals surface area contributed by atoms with Gasteiger partial charge in [0, 0.05) is 17.1 Å². The summed E-state index contributed by atoms with van der Waals surface area (Å²) < 4.78 is 0.